The van der Waals surface area contributed by atoms with Gasteiger partial charge in [0.25, 0.3) is 0 Å². The summed E-state index contributed by atoms with van der Waals surface area (Å²) in [5.41, 5.74) is 4.76. The zero-order chi connectivity index (χ0) is 15.4. The van der Waals surface area contributed by atoms with Gasteiger partial charge in [-0.15, -0.1) is 11.3 Å². The summed E-state index contributed by atoms with van der Waals surface area (Å²) in [6, 6.07) is 14.9. The van der Waals surface area contributed by atoms with Crippen molar-refractivity contribution < 1.29 is 0 Å². The number of anilines is 1. The smallest absolute Gasteiger partial charge is 0.124 e. The monoisotopic (exact) mass is 297 g/mol. The first-order chi connectivity index (χ1) is 10.1. The lowest BCUT2D eigenvalue weighted by molar-refractivity contribution is 1.13. The van der Waals surface area contributed by atoms with Crippen molar-refractivity contribution in [3.05, 3.63) is 48.0 Å². The predicted molar refractivity (Wildman–Crippen MR) is 95.5 cm³/mol. The molecule has 0 amide bonds. The van der Waals surface area contributed by atoms with E-state index in [4.69, 9.17) is 4.98 Å². The van der Waals surface area contributed by atoms with Gasteiger partial charge < -0.3 is 4.90 Å². The Morgan fingerprint density at radius 3 is 2.24 bits per heavy atom. The molecule has 3 aromatic rings. The molecule has 0 spiro atoms. The molecule has 1 heterocycles. The average Bonchev–Trinajstić information content (AvgIpc) is 2.92. The Balaban J connectivity index is 0.000000774. The topological polar surface area (TPSA) is 16.1 Å². The van der Waals surface area contributed by atoms with Crippen LogP contribution in [0.1, 0.15) is 19.4 Å². The lowest BCUT2D eigenvalue weighted by Gasteiger charge is -2.11. The van der Waals surface area contributed by atoms with Gasteiger partial charge in [-0.25, -0.2) is 4.98 Å². The zero-order valence-corrected chi connectivity index (χ0v) is 14.2. The van der Waals surface area contributed by atoms with Crippen LogP contribution in [0, 0.1) is 6.92 Å². The Morgan fingerprint density at radius 1 is 0.952 bits per heavy atom. The van der Waals surface area contributed by atoms with Crippen molar-refractivity contribution in [3.63, 3.8) is 0 Å². The van der Waals surface area contributed by atoms with Gasteiger partial charge in [-0.1, -0.05) is 19.9 Å². The van der Waals surface area contributed by atoms with Crippen molar-refractivity contribution >= 4 is 27.2 Å². The van der Waals surface area contributed by atoms with E-state index in [0.29, 0.717) is 0 Å². The molecule has 0 unspecified atom stereocenters. The molecule has 0 bridgehead atoms. The lowest BCUT2D eigenvalue weighted by atomic mass is 10.2. The quantitative estimate of drug-likeness (QED) is 0.632. The first kappa shape index (κ1) is 15.5. The second kappa shape index (κ2) is 6.72. The Bertz CT molecular complexity index is 712. The van der Waals surface area contributed by atoms with Gasteiger partial charge in [0.2, 0.25) is 0 Å². The summed E-state index contributed by atoms with van der Waals surface area (Å²) < 4.78 is 1.26. The summed E-state index contributed by atoms with van der Waals surface area (Å²) in [7, 11) is 4.10. The average molecular weight is 297 g/mol. The number of nitrogens with zero attached hydrogens (tertiary/aromatic N) is 2. The molecule has 0 radical (unpaired) electrons. The minimum Gasteiger partial charge on any atom is -0.378 e. The summed E-state index contributed by atoms with van der Waals surface area (Å²) in [6.07, 6.45) is 0. The molecule has 2 nitrogen and oxygen atoms in total. The molecule has 0 aliphatic heterocycles. The van der Waals surface area contributed by atoms with Gasteiger partial charge in [0, 0.05) is 25.3 Å². The van der Waals surface area contributed by atoms with E-state index < -0.39 is 0 Å². The molecule has 1 aromatic heterocycles. The first-order valence-electron chi connectivity index (χ1n) is 7.28. The predicted octanol–water partition coefficient (Wildman–Crippen LogP) is 5.36. The maximum Gasteiger partial charge on any atom is 0.124 e. The largest absolute Gasteiger partial charge is 0.378 e. The number of rotatable bonds is 2. The van der Waals surface area contributed by atoms with Crippen molar-refractivity contribution in [2.45, 2.75) is 20.8 Å². The van der Waals surface area contributed by atoms with E-state index in [9.17, 15) is 0 Å². The van der Waals surface area contributed by atoms with Crippen molar-refractivity contribution in [1.82, 2.24) is 4.98 Å². The van der Waals surface area contributed by atoms with Gasteiger partial charge in [-0.05, 0) is 48.9 Å². The molecule has 0 N–H and O–H groups in total. The highest BCUT2D eigenvalue weighted by atomic mass is 32.1. The fraction of sp³-hybridized carbons (Fsp3) is 0.278. The normalized spacial score (nSPS) is 10.1. The molecule has 0 fully saturated rings. The van der Waals surface area contributed by atoms with Gasteiger partial charge in [0.15, 0.2) is 0 Å². The minimum atomic E-state index is 1.09. The van der Waals surface area contributed by atoms with E-state index in [1.165, 1.54) is 21.5 Å². The van der Waals surface area contributed by atoms with Crippen molar-refractivity contribution in [3.8, 4) is 10.6 Å². The third-order valence-corrected chi connectivity index (χ3v) is 4.24. The standard InChI is InChI=1S/C16H16N2S.C2H6/c1-11-4-9-14-15(10-11)19-16(17-14)12-5-7-13(8-6-12)18(2)3;1-2/h4-10H,1-3H3;1-2H3/i2-1;. The number of hydrogen-bond acceptors (Lipinski definition) is 3. The summed E-state index contributed by atoms with van der Waals surface area (Å²) in [6.45, 7) is 6.12. The Labute approximate surface area is 131 Å². The van der Waals surface area contributed by atoms with Crippen molar-refractivity contribution in [2.75, 3.05) is 19.0 Å². The van der Waals surface area contributed by atoms with E-state index >= 15 is 0 Å². The summed E-state index contributed by atoms with van der Waals surface area (Å²) in [4.78, 5) is 6.81. The highest BCUT2D eigenvalue weighted by Gasteiger charge is 2.06. The fourth-order valence-corrected chi connectivity index (χ4v) is 3.13. The highest BCUT2D eigenvalue weighted by Crippen LogP contribution is 2.31. The molecule has 3 heteroatoms. The van der Waals surface area contributed by atoms with Crippen LogP contribution in [0.3, 0.4) is 0 Å². The van der Waals surface area contributed by atoms with E-state index in [-0.39, 0.29) is 0 Å². The molecule has 0 aliphatic carbocycles. The second-order valence-electron chi connectivity index (χ2n) is 4.93. The number of benzene rings is 2. The molecule has 0 aliphatic rings. The van der Waals surface area contributed by atoms with Gasteiger partial charge in [-0.2, -0.15) is 0 Å². The maximum absolute atomic E-state index is 4.70. The third kappa shape index (κ3) is 3.42. The van der Waals surface area contributed by atoms with Gasteiger partial charge in [-0.3, -0.25) is 0 Å². The molecule has 21 heavy (non-hydrogen) atoms. The lowest BCUT2D eigenvalue weighted by Crippen LogP contribution is -2.07. The SMILES string of the molecule is CC.Cc1ccc2nc(-c3ccc(N(C)[11CH3])cc3)sc2c1. The van der Waals surface area contributed by atoms with Crippen LogP contribution < -0.4 is 4.90 Å². The van der Waals surface area contributed by atoms with Crippen LogP contribution in [0.4, 0.5) is 5.69 Å². The molecule has 0 atom stereocenters. The minimum absolute atomic E-state index is 1.09. The Kier molecular flexibility index (Phi) is 4.97. The van der Waals surface area contributed by atoms with E-state index in [2.05, 4.69) is 68.4 Å². The van der Waals surface area contributed by atoms with Gasteiger partial charge >= 0.3 is 0 Å². The Morgan fingerprint density at radius 2 is 1.62 bits per heavy atom. The van der Waals surface area contributed by atoms with Crippen molar-refractivity contribution in [1.29, 1.82) is 0 Å². The van der Waals surface area contributed by atoms with E-state index in [1.807, 2.05) is 13.8 Å². The second-order valence-corrected chi connectivity index (χ2v) is 5.96. The van der Waals surface area contributed by atoms with Gasteiger partial charge in [0.1, 0.15) is 5.01 Å². The number of hydrogen-bond donors (Lipinski definition) is 0. The highest BCUT2D eigenvalue weighted by molar-refractivity contribution is 7.21. The number of aryl methyl sites for hydroxylation is 1. The number of thiazole rings is 1. The van der Waals surface area contributed by atoms with Gasteiger partial charge in [0.05, 0.1) is 10.2 Å². The maximum atomic E-state index is 4.70. The third-order valence-electron chi connectivity index (χ3n) is 3.17. The van der Waals surface area contributed by atoms with Crippen LogP contribution in [0.5, 0.6) is 0 Å². The molecule has 0 saturated heterocycles. The van der Waals surface area contributed by atoms with Crippen LogP contribution in [0.2, 0.25) is 0 Å². The summed E-state index contributed by atoms with van der Waals surface area (Å²) in [5, 5.41) is 1.09. The summed E-state index contributed by atoms with van der Waals surface area (Å²) >= 11 is 1.75. The zero-order valence-electron chi connectivity index (χ0n) is 13.3. The summed E-state index contributed by atoms with van der Waals surface area (Å²) in [5.74, 6) is 0. The van der Waals surface area contributed by atoms with Crippen LogP contribution in [-0.2, 0) is 0 Å². The number of fused-ring (bicyclic) bond motifs is 1. The molecule has 110 valence electrons. The van der Waals surface area contributed by atoms with E-state index in [1.54, 1.807) is 11.3 Å². The van der Waals surface area contributed by atoms with Crippen LogP contribution in [-0.4, -0.2) is 19.1 Å². The number of aromatic nitrogens is 1. The molecule has 2 aromatic carbocycles. The molecule has 0 saturated carbocycles. The van der Waals surface area contributed by atoms with E-state index in [0.717, 1.165) is 10.5 Å². The fourth-order valence-electron chi connectivity index (χ4n) is 2.06. The van der Waals surface area contributed by atoms with Crippen LogP contribution in [0.25, 0.3) is 20.8 Å². The van der Waals surface area contributed by atoms with Crippen LogP contribution >= 0.6 is 11.3 Å². The van der Waals surface area contributed by atoms with Crippen LogP contribution in [0.15, 0.2) is 42.5 Å². The van der Waals surface area contributed by atoms with Crippen molar-refractivity contribution in [2.24, 2.45) is 0 Å². The Hall–Kier alpha value is -1.87. The molecular formula is C18H22N2S. The molecule has 3 rings (SSSR count). The molecular weight excluding hydrogens is 275 g/mol. The first-order valence-corrected chi connectivity index (χ1v) is 8.10.